The van der Waals surface area contributed by atoms with Crippen molar-refractivity contribution in [2.75, 3.05) is 5.32 Å². The van der Waals surface area contributed by atoms with Crippen LogP contribution in [-0.2, 0) is 18.7 Å². The molecule has 0 bridgehead atoms. The Kier molecular flexibility index (Phi) is 5.81. The standard InChI is InChI=1S/C16H19N5OS2/c1-11(2)8-13-18-14(22-21-13)10-23-16-20-19-15(24-16)17-9-12-6-4-3-5-7-12/h3-7,11H,8-10H2,1-2H3,(H,17,19). The number of nitrogens with zero attached hydrogens (tertiary/aromatic N) is 4. The molecule has 2 heterocycles. The first kappa shape index (κ1) is 16.9. The van der Waals surface area contributed by atoms with Crippen LogP contribution in [0.5, 0.6) is 0 Å². The van der Waals surface area contributed by atoms with Gasteiger partial charge in [-0.1, -0.05) is 72.4 Å². The summed E-state index contributed by atoms with van der Waals surface area (Å²) in [6.07, 6.45) is 0.834. The Morgan fingerprint density at radius 2 is 2.04 bits per heavy atom. The molecular weight excluding hydrogens is 342 g/mol. The Labute approximate surface area is 149 Å². The Hall–Kier alpha value is -1.93. The lowest BCUT2D eigenvalue weighted by atomic mass is 10.1. The zero-order chi connectivity index (χ0) is 16.8. The number of nitrogens with one attached hydrogen (secondary N) is 1. The molecule has 1 aromatic carbocycles. The Morgan fingerprint density at radius 1 is 1.21 bits per heavy atom. The van der Waals surface area contributed by atoms with E-state index in [1.807, 2.05) is 18.2 Å². The van der Waals surface area contributed by atoms with Gasteiger partial charge in [0.2, 0.25) is 11.0 Å². The number of rotatable bonds is 8. The number of anilines is 1. The minimum Gasteiger partial charge on any atom is -0.356 e. The third-order valence-corrected chi connectivity index (χ3v) is 5.11. The highest BCUT2D eigenvalue weighted by molar-refractivity contribution is 8.00. The van der Waals surface area contributed by atoms with Crippen molar-refractivity contribution in [1.29, 1.82) is 0 Å². The SMILES string of the molecule is CC(C)Cc1noc(CSc2nnc(NCc3ccccc3)s2)n1. The molecule has 0 spiro atoms. The fourth-order valence-corrected chi connectivity index (χ4v) is 3.62. The van der Waals surface area contributed by atoms with Crippen molar-refractivity contribution in [2.45, 2.75) is 36.9 Å². The van der Waals surface area contributed by atoms with Crippen molar-refractivity contribution in [3.63, 3.8) is 0 Å². The molecule has 0 aliphatic heterocycles. The van der Waals surface area contributed by atoms with Gasteiger partial charge >= 0.3 is 0 Å². The van der Waals surface area contributed by atoms with Gasteiger partial charge in [-0.05, 0) is 11.5 Å². The van der Waals surface area contributed by atoms with Crippen LogP contribution in [0.2, 0.25) is 0 Å². The van der Waals surface area contributed by atoms with E-state index in [-0.39, 0.29) is 0 Å². The van der Waals surface area contributed by atoms with Crippen LogP contribution in [-0.4, -0.2) is 20.3 Å². The van der Waals surface area contributed by atoms with Gasteiger partial charge in [0.1, 0.15) is 0 Å². The first-order chi connectivity index (χ1) is 11.7. The summed E-state index contributed by atoms with van der Waals surface area (Å²) in [5.41, 5.74) is 1.21. The van der Waals surface area contributed by atoms with E-state index in [9.17, 15) is 0 Å². The van der Waals surface area contributed by atoms with Gasteiger partial charge in [0.25, 0.3) is 0 Å². The lowest BCUT2D eigenvalue weighted by Gasteiger charge is -2.00. The fraction of sp³-hybridized carbons (Fsp3) is 0.375. The number of thioether (sulfide) groups is 1. The van der Waals surface area contributed by atoms with Crippen LogP contribution in [0, 0.1) is 5.92 Å². The third-order valence-electron chi connectivity index (χ3n) is 3.11. The number of aromatic nitrogens is 4. The maximum absolute atomic E-state index is 5.26. The summed E-state index contributed by atoms with van der Waals surface area (Å²) < 4.78 is 6.14. The van der Waals surface area contributed by atoms with Crippen LogP contribution in [0.1, 0.15) is 31.1 Å². The molecule has 0 saturated carbocycles. The van der Waals surface area contributed by atoms with Crippen molar-refractivity contribution in [1.82, 2.24) is 20.3 Å². The van der Waals surface area contributed by atoms with Crippen LogP contribution in [0.15, 0.2) is 39.2 Å². The predicted octanol–water partition coefficient (Wildman–Crippen LogP) is 4.02. The van der Waals surface area contributed by atoms with Crippen LogP contribution in [0.25, 0.3) is 0 Å². The van der Waals surface area contributed by atoms with Gasteiger partial charge in [-0.15, -0.1) is 10.2 Å². The fourth-order valence-electron chi connectivity index (χ4n) is 2.03. The molecule has 2 aromatic heterocycles. The quantitative estimate of drug-likeness (QED) is 0.607. The molecule has 0 amide bonds. The van der Waals surface area contributed by atoms with Gasteiger partial charge in [0, 0.05) is 13.0 Å². The molecule has 0 saturated heterocycles. The highest BCUT2D eigenvalue weighted by Crippen LogP contribution is 2.28. The largest absolute Gasteiger partial charge is 0.356 e. The van der Waals surface area contributed by atoms with Crippen molar-refractivity contribution in [2.24, 2.45) is 5.92 Å². The molecule has 24 heavy (non-hydrogen) atoms. The van der Waals surface area contributed by atoms with E-state index in [2.05, 4.69) is 51.6 Å². The highest BCUT2D eigenvalue weighted by atomic mass is 32.2. The normalized spacial score (nSPS) is 11.1. The summed E-state index contributed by atoms with van der Waals surface area (Å²) in [6, 6.07) is 10.2. The van der Waals surface area contributed by atoms with Gasteiger partial charge in [0.15, 0.2) is 10.2 Å². The molecule has 0 aliphatic carbocycles. The van der Waals surface area contributed by atoms with E-state index >= 15 is 0 Å². The molecule has 0 aliphatic rings. The minimum absolute atomic E-state index is 0.518. The molecular formula is C16H19N5OS2. The van der Waals surface area contributed by atoms with Crippen molar-refractivity contribution in [3.05, 3.63) is 47.6 Å². The predicted molar refractivity (Wildman–Crippen MR) is 96.1 cm³/mol. The maximum atomic E-state index is 5.26. The average Bonchev–Trinajstić information content (AvgIpc) is 3.21. The average molecular weight is 361 g/mol. The molecule has 1 N–H and O–H groups in total. The van der Waals surface area contributed by atoms with Crippen molar-refractivity contribution < 1.29 is 4.52 Å². The molecule has 0 radical (unpaired) electrons. The number of benzene rings is 1. The molecule has 3 aromatic rings. The smallest absolute Gasteiger partial charge is 0.237 e. The van der Waals surface area contributed by atoms with Crippen LogP contribution < -0.4 is 5.32 Å². The zero-order valence-electron chi connectivity index (χ0n) is 13.6. The molecule has 0 unspecified atom stereocenters. The number of hydrogen-bond acceptors (Lipinski definition) is 8. The van der Waals surface area contributed by atoms with E-state index in [0.717, 1.165) is 28.3 Å². The second-order valence-corrected chi connectivity index (χ2v) is 7.90. The lowest BCUT2D eigenvalue weighted by molar-refractivity contribution is 0.382. The minimum atomic E-state index is 0.518. The summed E-state index contributed by atoms with van der Waals surface area (Å²) in [4.78, 5) is 4.39. The highest BCUT2D eigenvalue weighted by Gasteiger charge is 2.11. The van der Waals surface area contributed by atoms with E-state index in [4.69, 9.17) is 4.52 Å². The van der Waals surface area contributed by atoms with Gasteiger partial charge in [-0.25, -0.2) is 0 Å². The van der Waals surface area contributed by atoms with Crippen molar-refractivity contribution in [3.8, 4) is 0 Å². The van der Waals surface area contributed by atoms with E-state index in [1.54, 1.807) is 11.8 Å². The summed E-state index contributed by atoms with van der Waals surface area (Å²) in [5.74, 6) is 2.52. The molecule has 126 valence electrons. The molecule has 0 atom stereocenters. The van der Waals surface area contributed by atoms with Gasteiger partial charge < -0.3 is 9.84 Å². The second kappa shape index (κ2) is 8.25. The second-order valence-electron chi connectivity index (χ2n) is 5.70. The van der Waals surface area contributed by atoms with E-state index in [1.165, 1.54) is 16.9 Å². The summed E-state index contributed by atoms with van der Waals surface area (Å²) in [6.45, 7) is 5.01. The Balaban J connectivity index is 1.48. The summed E-state index contributed by atoms with van der Waals surface area (Å²) >= 11 is 3.09. The first-order valence-electron chi connectivity index (χ1n) is 7.74. The first-order valence-corrected chi connectivity index (χ1v) is 9.55. The molecule has 3 rings (SSSR count). The van der Waals surface area contributed by atoms with Crippen molar-refractivity contribution >= 4 is 28.2 Å². The summed E-state index contributed by atoms with van der Waals surface area (Å²) in [5, 5.41) is 16.4. The molecule has 8 heteroatoms. The van der Waals surface area contributed by atoms with E-state index in [0.29, 0.717) is 17.6 Å². The Morgan fingerprint density at radius 3 is 2.83 bits per heavy atom. The topological polar surface area (TPSA) is 76.7 Å². The zero-order valence-corrected chi connectivity index (χ0v) is 15.2. The lowest BCUT2D eigenvalue weighted by Crippen LogP contribution is -1.98. The van der Waals surface area contributed by atoms with Crippen LogP contribution in [0.3, 0.4) is 0 Å². The van der Waals surface area contributed by atoms with Gasteiger partial charge in [0.05, 0.1) is 5.75 Å². The van der Waals surface area contributed by atoms with Crippen LogP contribution >= 0.6 is 23.1 Å². The monoisotopic (exact) mass is 361 g/mol. The number of hydrogen-bond donors (Lipinski definition) is 1. The third kappa shape index (κ3) is 5.04. The maximum Gasteiger partial charge on any atom is 0.237 e. The molecule has 0 fully saturated rings. The van der Waals surface area contributed by atoms with Gasteiger partial charge in [-0.2, -0.15) is 4.98 Å². The van der Waals surface area contributed by atoms with Gasteiger partial charge in [-0.3, -0.25) is 0 Å². The van der Waals surface area contributed by atoms with E-state index < -0.39 is 0 Å². The summed E-state index contributed by atoms with van der Waals surface area (Å²) in [7, 11) is 0. The molecule has 6 nitrogen and oxygen atoms in total. The van der Waals surface area contributed by atoms with Crippen LogP contribution in [0.4, 0.5) is 5.13 Å². The Bertz CT molecular complexity index is 757.